The molecule has 9 heteroatoms. The second-order valence-corrected chi connectivity index (χ2v) is 5.94. The Balaban J connectivity index is 1.77. The molecule has 156 valence electrons. The molecule has 0 bridgehead atoms. The number of rotatable bonds is 8. The third-order valence-electron chi connectivity index (χ3n) is 3.97. The largest absolute Gasteiger partial charge is 0.493 e. The Morgan fingerprint density at radius 1 is 0.966 bits per heavy atom. The number of nitrogens with one attached hydrogen (secondary N) is 1. The molecule has 0 aromatic heterocycles. The van der Waals surface area contributed by atoms with E-state index in [1.807, 2.05) is 6.07 Å². The van der Waals surface area contributed by atoms with Crippen LogP contribution in [-0.2, 0) is 22.1 Å². The third kappa shape index (κ3) is 6.41. The van der Waals surface area contributed by atoms with Gasteiger partial charge < -0.3 is 19.5 Å². The van der Waals surface area contributed by atoms with E-state index in [0.29, 0.717) is 24.5 Å². The first-order valence-electron chi connectivity index (χ1n) is 8.56. The standard InChI is InChI=1S/C20H20F3NO5/c1-27-16-8-3-13(11-17(16)28-2)9-10-24-18(25)12-29-19(26)14-4-6-15(7-5-14)20(21,22)23/h3-8,11H,9-10,12H2,1-2H3,(H,24,25). The number of amides is 1. The summed E-state index contributed by atoms with van der Waals surface area (Å²) < 4.78 is 52.7. The Hall–Kier alpha value is -3.23. The Morgan fingerprint density at radius 3 is 2.21 bits per heavy atom. The number of benzene rings is 2. The first kappa shape index (κ1) is 22.1. The van der Waals surface area contributed by atoms with E-state index in [1.165, 1.54) is 14.2 Å². The van der Waals surface area contributed by atoms with Gasteiger partial charge in [-0.15, -0.1) is 0 Å². The highest BCUT2D eigenvalue weighted by molar-refractivity contribution is 5.91. The molecule has 0 aliphatic carbocycles. The van der Waals surface area contributed by atoms with E-state index in [1.54, 1.807) is 12.1 Å². The van der Waals surface area contributed by atoms with Crippen LogP contribution in [0, 0.1) is 0 Å². The van der Waals surface area contributed by atoms with Crippen LogP contribution in [0.15, 0.2) is 42.5 Å². The predicted molar refractivity (Wildman–Crippen MR) is 98.0 cm³/mol. The maximum Gasteiger partial charge on any atom is 0.416 e. The predicted octanol–water partition coefficient (Wildman–Crippen LogP) is 3.24. The topological polar surface area (TPSA) is 73.9 Å². The number of methoxy groups -OCH3 is 2. The van der Waals surface area contributed by atoms with Crippen LogP contribution in [0.4, 0.5) is 13.2 Å². The van der Waals surface area contributed by atoms with Crippen LogP contribution in [0.5, 0.6) is 11.5 Å². The van der Waals surface area contributed by atoms with Gasteiger partial charge in [0.1, 0.15) is 0 Å². The van der Waals surface area contributed by atoms with Crippen molar-refractivity contribution in [2.24, 2.45) is 0 Å². The third-order valence-corrected chi connectivity index (χ3v) is 3.97. The highest BCUT2D eigenvalue weighted by atomic mass is 19.4. The van der Waals surface area contributed by atoms with Crippen LogP contribution in [0.3, 0.4) is 0 Å². The van der Waals surface area contributed by atoms with Crippen molar-refractivity contribution in [3.8, 4) is 11.5 Å². The lowest BCUT2D eigenvalue weighted by atomic mass is 10.1. The highest BCUT2D eigenvalue weighted by Gasteiger charge is 2.30. The molecule has 0 atom stereocenters. The molecular formula is C20H20F3NO5. The zero-order chi connectivity index (χ0) is 21.4. The highest BCUT2D eigenvalue weighted by Crippen LogP contribution is 2.29. The number of ether oxygens (including phenoxy) is 3. The van der Waals surface area contributed by atoms with Gasteiger partial charge in [-0.1, -0.05) is 6.07 Å². The van der Waals surface area contributed by atoms with Crippen molar-refractivity contribution in [3.63, 3.8) is 0 Å². The number of hydrogen-bond acceptors (Lipinski definition) is 5. The van der Waals surface area contributed by atoms with Gasteiger partial charge in [-0.05, 0) is 48.4 Å². The van der Waals surface area contributed by atoms with Gasteiger partial charge in [0.15, 0.2) is 18.1 Å². The number of alkyl halides is 3. The Kier molecular flexibility index (Phi) is 7.46. The summed E-state index contributed by atoms with van der Waals surface area (Å²) in [7, 11) is 3.05. The van der Waals surface area contributed by atoms with E-state index in [4.69, 9.17) is 14.2 Å². The summed E-state index contributed by atoms with van der Waals surface area (Å²) in [5.41, 5.74) is -0.0391. The maximum absolute atomic E-state index is 12.5. The van der Waals surface area contributed by atoms with Crippen LogP contribution in [0.1, 0.15) is 21.5 Å². The molecule has 29 heavy (non-hydrogen) atoms. The molecule has 0 heterocycles. The molecule has 1 amide bonds. The zero-order valence-corrected chi connectivity index (χ0v) is 15.8. The number of hydrogen-bond donors (Lipinski definition) is 1. The molecule has 0 aliphatic rings. The molecular weight excluding hydrogens is 391 g/mol. The fourth-order valence-electron chi connectivity index (χ4n) is 2.44. The summed E-state index contributed by atoms with van der Waals surface area (Å²) in [6.07, 6.45) is -3.98. The monoisotopic (exact) mass is 411 g/mol. The quantitative estimate of drug-likeness (QED) is 0.675. The van der Waals surface area contributed by atoms with E-state index in [-0.39, 0.29) is 5.56 Å². The molecule has 1 N–H and O–H groups in total. The summed E-state index contributed by atoms with van der Waals surface area (Å²) >= 11 is 0. The van der Waals surface area contributed by atoms with Crippen molar-refractivity contribution in [1.82, 2.24) is 5.32 Å². The van der Waals surface area contributed by atoms with Gasteiger partial charge in [-0.25, -0.2) is 4.79 Å². The molecule has 0 saturated carbocycles. The SMILES string of the molecule is COc1ccc(CCNC(=O)COC(=O)c2ccc(C(F)(F)F)cc2)cc1OC. The summed E-state index contributed by atoms with van der Waals surface area (Å²) in [4.78, 5) is 23.6. The van der Waals surface area contributed by atoms with Gasteiger partial charge in [0, 0.05) is 6.54 Å². The lowest BCUT2D eigenvalue weighted by Gasteiger charge is -2.10. The molecule has 0 aliphatic heterocycles. The number of carbonyl (C=O) groups excluding carboxylic acids is 2. The normalized spacial score (nSPS) is 10.9. The molecule has 6 nitrogen and oxygen atoms in total. The summed E-state index contributed by atoms with van der Waals surface area (Å²) in [6.45, 7) is -0.238. The molecule has 2 rings (SSSR count). The van der Waals surface area contributed by atoms with Crippen molar-refractivity contribution >= 4 is 11.9 Å². The number of carbonyl (C=O) groups is 2. The van der Waals surface area contributed by atoms with Crippen molar-refractivity contribution in [2.75, 3.05) is 27.4 Å². The van der Waals surface area contributed by atoms with E-state index in [2.05, 4.69) is 5.32 Å². The minimum absolute atomic E-state index is 0.0730. The summed E-state index contributed by atoms with van der Waals surface area (Å²) in [6, 6.07) is 8.93. The Bertz CT molecular complexity index is 850. The Morgan fingerprint density at radius 2 is 1.62 bits per heavy atom. The number of esters is 1. The first-order chi connectivity index (χ1) is 13.7. The van der Waals surface area contributed by atoms with Crippen LogP contribution < -0.4 is 14.8 Å². The molecule has 0 fully saturated rings. The van der Waals surface area contributed by atoms with Gasteiger partial charge in [0.05, 0.1) is 25.3 Å². The van der Waals surface area contributed by atoms with E-state index in [0.717, 1.165) is 29.8 Å². The van der Waals surface area contributed by atoms with Gasteiger partial charge in [0.2, 0.25) is 0 Å². The zero-order valence-electron chi connectivity index (χ0n) is 15.8. The summed E-state index contributed by atoms with van der Waals surface area (Å²) in [5.74, 6) is -0.239. The fourth-order valence-corrected chi connectivity index (χ4v) is 2.44. The van der Waals surface area contributed by atoms with Gasteiger partial charge >= 0.3 is 12.1 Å². The van der Waals surface area contributed by atoms with Crippen molar-refractivity contribution in [1.29, 1.82) is 0 Å². The lowest BCUT2D eigenvalue weighted by Crippen LogP contribution is -2.30. The van der Waals surface area contributed by atoms with Crippen LogP contribution in [0.25, 0.3) is 0 Å². The van der Waals surface area contributed by atoms with Gasteiger partial charge in [0.25, 0.3) is 5.91 Å². The van der Waals surface area contributed by atoms with Gasteiger partial charge in [-0.2, -0.15) is 13.2 Å². The number of halogens is 3. The van der Waals surface area contributed by atoms with E-state index < -0.39 is 30.2 Å². The Labute approximate surface area is 165 Å². The molecule has 2 aromatic rings. The second-order valence-electron chi connectivity index (χ2n) is 5.94. The smallest absolute Gasteiger partial charge is 0.416 e. The lowest BCUT2D eigenvalue weighted by molar-refractivity contribution is -0.137. The van der Waals surface area contributed by atoms with E-state index >= 15 is 0 Å². The average molecular weight is 411 g/mol. The second kappa shape index (κ2) is 9.81. The van der Waals surface area contributed by atoms with Crippen molar-refractivity contribution in [3.05, 3.63) is 59.2 Å². The van der Waals surface area contributed by atoms with Crippen LogP contribution in [-0.4, -0.2) is 39.2 Å². The first-order valence-corrected chi connectivity index (χ1v) is 8.56. The average Bonchev–Trinajstić information content (AvgIpc) is 2.71. The molecule has 0 spiro atoms. The fraction of sp³-hybridized carbons (Fsp3) is 0.300. The summed E-state index contributed by atoms with van der Waals surface area (Å²) in [5, 5.41) is 2.60. The molecule has 2 aromatic carbocycles. The molecule has 0 saturated heterocycles. The van der Waals surface area contributed by atoms with Crippen LogP contribution in [0.2, 0.25) is 0 Å². The maximum atomic E-state index is 12.5. The molecule has 0 radical (unpaired) electrons. The minimum Gasteiger partial charge on any atom is -0.493 e. The molecule has 0 unspecified atom stereocenters. The van der Waals surface area contributed by atoms with E-state index in [9.17, 15) is 22.8 Å². The van der Waals surface area contributed by atoms with Crippen molar-refractivity contribution < 1.29 is 37.0 Å². The minimum atomic E-state index is -4.49. The van der Waals surface area contributed by atoms with Gasteiger partial charge in [-0.3, -0.25) is 4.79 Å². The van der Waals surface area contributed by atoms with Crippen molar-refractivity contribution in [2.45, 2.75) is 12.6 Å². The van der Waals surface area contributed by atoms with Crippen LogP contribution >= 0.6 is 0 Å².